The third-order valence-electron chi connectivity index (χ3n) is 12.8. The number of rotatable bonds is 5. The Hall–Kier alpha value is -0.830. The van der Waals surface area contributed by atoms with Crippen LogP contribution in [0.25, 0.3) is 0 Å². The number of hydrogen-bond donors (Lipinski definition) is 2. The zero-order valence-electron chi connectivity index (χ0n) is 22.5. The molecule has 4 aliphatic carbocycles. The number of fused-ring (bicyclic) bond motifs is 5. The quantitative estimate of drug-likeness (QED) is 0.420. The van der Waals surface area contributed by atoms with Gasteiger partial charge in [-0.05, 0) is 122 Å². The summed E-state index contributed by atoms with van der Waals surface area (Å²) in [5.74, 6) is 2.11. The van der Waals surface area contributed by atoms with Gasteiger partial charge in [0, 0.05) is 6.42 Å². The van der Waals surface area contributed by atoms with E-state index in [1.54, 1.807) is 0 Å². The van der Waals surface area contributed by atoms with Crippen LogP contribution >= 0.6 is 0 Å². The number of carboxylic acids is 1. The highest BCUT2D eigenvalue weighted by atomic mass is 16.4. The molecule has 188 valence electrons. The van der Waals surface area contributed by atoms with Crippen molar-refractivity contribution in [3.8, 4) is 0 Å². The second-order valence-electron chi connectivity index (χ2n) is 14.1. The van der Waals surface area contributed by atoms with Crippen molar-refractivity contribution < 1.29 is 15.0 Å². The second kappa shape index (κ2) is 7.84. The number of carbonyl (C=O) groups is 1. The van der Waals surface area contributed by atoms with Gasteiger partial charge in [-0.25, -0.2) is 0 Å². The van der Waals surface area contributed by atoms with Crippen LogP contribution in [0.1, 0.15) is 113 Å². The molecule has 0 bridgehead atoms. The van der Waals surface area contributed by atoms with Gasteiger partial charge in [-0.2, -0.15) is 0 Å². The van der Waals surface area contributed by atoms with Gasteiger partial charge in [0.15, 0.2) is 0 Å². The van der Waals surface area contributed by atoms with Crippen LogP contribution in [-0.2, 0) is 4.79 Å². The maximum Gasteiger partial charge on any atom is 0.303 e. The highest BCUT2D eigenvalue weighted by Gasteiger charge is 2.71. The van der Waals surface area contributed by atoms with Crippen LogP contribution < -0.4 is 0 Å². The summed E-state index contributed by atoms with van der Waals surface area (Å²) in [5.41, 5.74) is 0.857. The molecular formula is C30H50O3. The highest BCUT2D eigenvalue weighted by Crippen LogP contribution is 2.77. The van der Waals surface area contributed by atoms with Crippen molar-refractivity contribution in [2.24, 2.45) is 51.2 Å². The molecule has 3 heteroatoms. The highest BCUT2D eigenvalue weighted by molar-refractivity contribution is 5.66. The minimum Gasteiger partial charge on any atom is -0.481 e. The van der Waals surface area contributed by atoms with E-state index in [9.17, 15) is 15.0 Å². The molecule has 0 radical (unpaired) electrons. The van der Waals surface area contributed by atoms with E-state index in [2.05, 4.69) is 48.1 Å². The summed E-state index contributed by atoms with van der Waals surface area (Å²) in [5, 5.41) is 21.4. The zero-order valence-corrected chi connectivity index (χ0v) is 22.5. The topological polar surface area (TPSA) is 57.5 Å². The van der Waals surface area contributed by atoms with Crippen molar-refractivity contribution in [1.29, 1.82) is 0 Å². The first kappa shape index (κ1) is 25.3. The van der Waals surface area contributed by atoms with Crippen LogP contribution in [0.5, 0.6) is 0 Å². The SMILES string of the molecule is C=C(C)[C@@]1(O)CC[C@H]2[C@](C)(CC[C@@]3(C)[C@@H]4CC[C@H](C(C)C)[C@@]4(C)CC[C@]23C)[C@@H]1CCC(=O)O. The minimum absolute atomic E-state index is 0.0287. The smallest absolute Gasteiger partial charge is 0.303 e. The first-order chi connectivity index (χ1) is 15.2. The molecule has 4 fully saturated rings. The van der Waals surface area contributed by atoms with Crippen LogP contribution in [0.4, 0.5) is 0 Å². The molecule has 0 spiro atoms. The van der Waals surface area contributed by atoms with Gasteiger partial charge in [-0.15, -0.1) is 0 Å². The number of aliphatic carboxylic acids is 1. The maximum atomic E-state index is 11.9. The van der Waals surface area contributed by atoms with Crippen LogP contribution in [0.15, 0.2) is 12.2 Å². The molecule has 2 N–H and O–H groups in total. The molecule has 0 amide bonds. The zero-order chi connectivity index (χ0) is 24.6. The van der Waals surface area contributed by atoms with Crippen LogP contribution in [0.2, 0.25) is 0 Å². The van der Waals surface area contributed by atoms with E-state index in [4.69, 9.17) is 0 Å². The van der Waals surface area contributed by atoms with Gasteiger partial charge >= 0.3 is 5.97 Å². The average Bonchev–Trinajstić information content (AvgIpc) is 3.07. The monoisotopic (exact) mass is 458 g/mol. The predicted octanol–water partition coefficient (Wildman–Crippen LogP) is 7.48. The minimum atomic E-state index is -0.940. The largest absolute Gasteiger partial charge is 0.481 e. The van der Waals surface area contributed by atoms with Crippen molar-refractivity contribution in [2.75, 3.05) is 0 Å². The number of hydrogen-bond acceptors (Lipinski definition) is 2. The van der Waals surface area contributed by atoms with Gasteiger partial charge in [0.1, 0.15) is 0 Å². The Morgan fingerprint density at radius 2 is 1.45 bits per heavy atom. The van der Waals surface area contributed by atoms with Gasteiger partial charge in [0.2, 0.25) is 0 Å². The number of aliphatic hydroxyl groups is 1. The molecule has 9 atom stereocenters. The lowest BCUT2D eigenvalue weighted by molar-refractivity contribution is -0.245. The van der Waals surface area contributed by atoms with E-state index in [0.717, 1.165) is 42.6 Å². The molecule has 4 saturated carbocycles. The van der Waals surface area contributed by atoms with E-state index in [1.807, 2.05) is 6.92 Å². The lowest BCUT2D eigenvalue weighted by Crippen LogP contribution is -2.67. The first-order valence-corrected chi connectivity index (χ1v) is 13.8. The van der Waals surface area contributed by atoms with E-state index < -0.39 is 11.6 Å². The first-order valence-electron chi connectivity index (χ1n) is 13.8. The standard InChI is InChI=1S/C30H50O3/c1-19(2)21-9-10-22-26(21,5)15-17-29(8)23-13-14-30(33,20(3)4)24(11-12-25(31)32)27(23,6)16-18-28(22,29)7/h19,21-24,33H,3,9-18H2,1-2,4-8H3,(H,31,32)/t21-,22-,23+,24+,26-,27+,28+,29-,30+/m1/s1. The Balaban J connectivity index is 1.74. The van der Waals surface area contributed by atoms with Gasteiger partial charge in [0.25, 0.3) is 0 Å². The second-order valence-corrected chi connectivity index (χ2v) is 14.1. The Kier molecular flexibility index (Phi) is 6.00. The molecule has 0 heterocycles. The van der Waals surface area contributed by atoms with Crippen molar-refractivity contribution >= 4 is 5.97 Å². The molecule has 0 aromatic rings. The van der Waals surface area contributed by atoms with Gasteiger partial charge in [-0.1, -0.05) is 48.1 Å². The Labute approximate surface area is 202 Å². The van der Waals surface area contributed by atoms with E-state index in [0.29, 0.717) is 23.2 Å². The lowest BCUT2D eigenvalue weighted by atomic mass is 9.33. The third-order valence-corrected chi connectivity index (χ3v) is 12.8. The molecule has 33 heavy (non-hydrogen) atoms. The summed E-state index contributed by atoms with van der Waals surface area (Å²) in [6.07, 6.45) is 10.1. The summed E-state index contributed by atoms with van der Waals surface area (Å²) >= 11 is 0. The molecule has 0 saturated heterocycles. The fraction of sp³-hybridized carbons (Fsp3) is 0.900. The van der Waals surface area contributed by atoms with Gasteiger partial charge in [-0.3, -0.25) is 4.79 Å². The summed E-state index contributed by atoms with van der Waals surface area (Å²) in [6, 6.07) is 0. The molecule has 0 aromatic carbocycles. The third kappa shape index (κ3) is 3.26. The maximum absolute atomic E-state index is 11.9. The fourth-order valence-corrected chi connectivity index (χ4v) is 10.9. The molecule has 3 nitrogen and oxygen atoms in total. The molecule has 0 unspecified atom stereocenters. The Morgan fingerprint density at radius 3 is 1.97 bits per heavy atom. The summed E-state index contributed by atoms with van der Waals surface area (Å²) in [7, 11) is 0. The average molecular weight is 459 g/mol. The van der Waals surface area contributed by atoms with Gasteiger partial charge in [0.05, 0.1) is 5.60 Å². The van der Waals surface area contributed by atoms with E-state index in [1.165, 1.54) is 32.1 Å². The molecule has 0 aliphatic heterocycles. The summed E-state index contributed by atoms with van der Waals surface area (Å²) in [6.45, 7) is 21.2. The van der Waals surface area contributed by atoms with Crippen molar-refractivity contribution in [3.05, 3.63) is 12.2 Å². The van der Waals surface area contributed by atoms with Crippen LogP contribution in [0, 0.1) is 51.2 Å². The molecule has 0 aromatic heterocycles. The van der Waals surface area contributed by atoms with E-state index in [-0.39, 0.29) is 23.2 Å². The fourth-order valence-electron chi connectivity index (χ4n) is 10.9. The predicted molar refractivity (Wildman–Crippen MR) is 135 cm³/mol. The van der Waals surface area contributed by atoms with Crippen molar-refractivity contribution in [1.82, 2.24) is 0 Å². The Morgan fingerprint density at radius 1 is 0.909 bits per heavy atom. The van der Waals surface area contributed by atoms with E-state index >= 15 is 0 Å². The van der Waals surface area contributed by atoms with Crippen LogP contribution in [0.3, 0.4) is 0 Å². The van der Waals surface area contributed by atoms with Crippen molar-refractivity contribution in [3.63, 3.8) is 0 Å². The molecule has 4 aliphatic rings. The normalized spacial score (nSPS) is 51.5. The van der Waals surface area contributed by atoms with Crippen molar-refractivity contribution in [2.45, 2.75) is 118 Å². The number of carboxylic acid groups (broad SMARTS) is 1. The van der Waals surface area contributed by atoms with Gasteiger partial charge < -0.3 is 10.2 Å². The molecule has 4 rings (SSSR count). The summed E-state index contributed by atoms with van der Waals surface area (Å²) < 4.78 is 0. The summed E-state index contributed by atoms with van der Waals surface area (Å²) in [4.78, 5) is 11.6. The Bertz CT molecular complexity index is 817. The van der Waals surface area contributed by atoms with Crippen LogP contribution in [-0.4, -0.2) is 21.8 Å². The molecular weight excluding hydrogens is 408 g/mol. The lowest BCUT2D eigenvalue weighted by Gasteiger charge is -2.72.